The summed E-state index contributed by atoms with van der Waals surface area (Å²) in [7, 11) is 1.88. The number of halogens is 2. The topological polar surface area (TPSA) is 36.4 Å². The maximum Gasteiger partial charge on any atom is 0.152 e. The lowest BCUT2D eigenvalue weighted by molar-refractivity contribution is 0.290. The lowest BCUT2D eigenvalue weighted by atomic mass is 10.0. The van der Waals surface area contributed by atoms with Gasteiger partial charge in [-0.25, -0.2) is 9.37 Å². The molecule has 0 fully saturated rings. The molecule has 0 atom stereocenters. The highest BCUT2D eigenvalue weighted by Crippen LogP contribution is 2.35. The van der Waals surface area contributed by atoms with Crippen molar-refractivity contribution >= 4 is 17.3 Å². The Hall–Kier alpha value is -1.65. The first kappa shape index (κ1) is 14.8. The number of aliphatic hydroxyl groups is 1. The number of hydrogen-bond donors (Lipinski definition) is 1. The summed E-state index contributed by atoms with van der Waals surface area (Å²) in [6, 6.07) is 8.18. The minimum Gasteiger partial charge on any atom is -0.396 e. The monoisotopic (exact) mass is 294 g/mol. The van der Waals surface area contributed by atoms with E-state index in [4.69, 9.17) is 16.7 Å². The molecule has 0 unspecified atom stereocenters. The Morgan fingerprint density at radius 3 is 2.85 bits per heavy atom. The minimum absolute atomic E-state index is 0.109. The largest absolute Gasteiger partial charge is 0.396 e. The van der Waals surface area contributed by atoms with Crippen LogP contribution in [0, 0.1) is 5.82 Å². The van der Waals surface area contributed by atoms with Crippen molar-refractivity contribution in [1.82, 2.24) is 4.98 Å². The van der Waals surface area contributed by atoms with Crippen LogP contribution < -0.4 is 4.90 Å². The van der Waals surface area contributed by atoms with Crippen molar-refractivity contribution in [2.45, 2.75) is 6.42 Å². The van der Waals surface area contributed by atoms with E-state index in [9.17, 15) is 4.39 Å². The zero-order valence-corrected chi connectivity index (χ0v) is 11.9. The minimum atomic E-state index is -0.292. The maximum absolute atomic E-state index is 13.4. The normalized spacial score (nSPS) is 10.6. The summed E-state index contributed by atoms with van der Waals surface area (Å²) >= 11 is 6.18. The zero-order valence-electron chi connectivity index (χ0n) is 11.2. The standard InChI is InChI=1S/C15H16ClFN2O/c1-19(8-3-9-20)14-13(6-7-18-15(14)16)11-4-2-5-12(17)10-11/h2,4-7,10,20H,3,8-9H2,1H3. The number of hydrogen-bond acceptors (Lipinski definition) is 3. The van der Waals surface area contributed by atoms with Crippen LogP contribution in [-0.4, -0.2) is 30.3 Å². The molecular weight excluding hydrogens is 279 g/mol. The zero-order chi connectivity index (χ0) is 14.5. The van der Waals surface area contributed by atoms with Gasteiger partial charge in [-0.3, -0.25) is 0 Å². The smallest absolute Gasteiger partial charge is 0.152 e. The van der Waals surface area contributed by atoms with Crippen molar-refractivity contribution in [3.8, 4) is 11.1 Å². The van der Waals surface area contributed by atoms with Crippen LogP contribution in [0.2, 0.25) is 5.15 Å². The summed E-state index contributed by atoms with van der Waals surface area (Å²) in [6.45, 7) is 0.752. The predicted octanol–water partition coefficient (Wildman–Crippen LogP) is 3.36. The van der Waals surface area contributed by atoms with Crippen LogP contribution in [0.5, 0.6) is 0 Å². The third-order valence-corrected chi connectivity index (χ3v) is 3.33. The third-order valence-electron chi connectivity index (χ3n) is 3.05. The Labute approximate surface area is 122 Å². The molecule has 0 saturated heterocycles. The van der Waals surface area contributed by atoms with Gasteiger partial charge in [-0.2, -0.15) is 0 Å². The molecule has 0 saturated carbocycles. The summed E-state index contributed by atoms with van der Waals surface area (Å²) in [6.07, 6.45) is 2.23. The van der Waals surface area contributed by atoms with Gasteiger partial charge in [-0.15, -0.1) is 0 Å². The van der Waals surface area contributed by atoms with E-state index in [0.29, 0.717) is 18.1 Å². The van der Waals surface area contributed by atoms with Crippen molar-refractivity contribution in [3.63, 3.8) is 0 Å². The number of benzene rings is 1. The first-order valence-electron chi connectivity index (χ1n) is 6.36. The predicted molar refractivity (Wildman–Crippen MR) is 79.6 cm³/mol. The van der Waals surface area contributed by atoms with Gasteiger partial charge < -0.3 is 10.0 Å². The summed E-state index contributed by atoms with van der Waals surface area (Å²) in [4.78, 5) is 6.01. The average molecular weight is 295 g/mol. The van der Waals surface area contributed by atoms with Crippen LogP contribution >= 0.6 is 11.6 Å². The van der Waals surface area contributed by atoms with Gasteiger partial charge in [0.2, 0.25) is 0 Å². The van der Waals surface area contributed by atoms with Crippen LogP contribution in [0.4, 0.5) is 10.1 Å². The SMILES string of the molecule is CN(CCCO)c1c(-c2cccc(F)c2)ccnc1Cl. The van der Waals surface area contributed by atoms with Crippen LogP contribution in [0.1, 0.15) is 6.42 Å². The van der Waals surface area contributed by atoms with Crippen molar-refractivity contribution < 1.29 is 9.50 Å². The molecule has 0 aliphatic rings. The van der Waals surface area contributed by atoms with E-state index in [2.05, 4.69) is 4.98 Å². The Morgan fingerprint density at radius 2 is 2.15 bits per heavy atom. The van der Waals surface area contributed by atoms with Gasteiger partial charge in [0, 0.05) is 32.0 Å². The van der Waals surface area contributed by atoms with E-state index in [1.54, 1.807) is 12.3 Å². The number of pyridine rings is 1. The fraction of sp³-hybridized carbons (Fsp3) is 0.267. The highest BCUT2D eigenvalue weighted by Gasteiger charge is 2.14. The summed E-state index contributed by atoms with van der Waals surface area (Å²) in [5, 5.41) is 9.30. The maximum atomic E-state index is 13.4. The van der Waals surface area contributed by atoms with Crippen LogP contribution in [-0.2, 0) is 0 Å². The average Bonchev–Trinajstić information content (AvgIpc) is 2.44. The Bertz CT molecular complexity index is 592. The molecule has 5 heteroatoms. The first-order chi connectivity index (χ1) is 9.63. The molecule has 20 heavy (non-hydrogen) atoms. The first-order valence-corrected chi connectivity index (χ1v) is 6.73. The van der Waals surface area contributed by atoms with Gasteiger partial charge in [-0.05, 0) is 30.2 Å². The van der Waals surface area contributed by atoms with Gasteiger partial charge in [0.25, 0.3) is 0 Å². The Morgan fingerprint density at radius 1 is 1.35 bits per heavy atom. The molecule has 1 N–H and O–H groups in total. The van der Waals surface area contributed by atoms with Gasteiger partial charge >= 0.3 is 0 Å². The molecule has 0 aliphatic carbocycles. The molecule has 0 bridgehead atoms. The van der Waals surface area contributed by atoms with Crippen molar-refractivity contribution in [1.29, 1.82) is 0 Å². The van der Waals surface area contributed by atoms with Gasteiger partial charge in [0.05, 0.1) is 5.69 Å². The molecular formula is C15H16ClFN2O. The van der Waals surface area contributed by atoms with Crippen LogP contribution in [0.15, 0.2) is 36.5 Å². The molecule has 0 spiro atoms. The van der Waals surface area contributed by atoms with E-state index >= 15 is 0 Å². The van der Waals surface area contributed by atoms with Crippen LogP contribution in [0.25, 0.3) is 11.1 Å². The quantitative estimate of drug-likeness (QED) is 0.859. The van der Waals surface area contributed by atoms with Crippen LogP contribution in [0.3, 0.4) is 0 Å². The number of aromatic nitrogens is 1. The molecule has 3 nitrogen and oxygen atoms in total. The second-order valence-corrected chi connectivity index (χ2v) is 4.87. The van der Waals surface area contributed by atoms with E-state index in [1.165, 1.54) is 12.1 Å². The number of nitrogens with zero attached hydrogens (tertiary/aromatic N) is 2. The highest BCUT2D eigenvalue weighted by atomic mass is 35.5. The second-order valence-electron chi connectivity index (χ2n) is 4.51. The third kappa shape index (κ3) is 3.26. The molecule has 0 amide bonds. The highest BCUT2D eigenvalue weighted by molar-refractivity contribution is 6.32. The van der Waals surface area contributed by atoms with E-state index < -0.39 is 0 Å². The van der Waals surface area contributed by atoms with Crippen molar-refractivity contribution in [2.24, 2.45) is 0 Å². The van der Waals surface area contributed by atoms with Crippen molar-refractivity contribution in [2.75, 3.05) is 25.1 Å². The van der Waals surface area contributed by atoms with Gasteiger partial charge in [0.1, 0.15) is 5.82 Å². The Balaban J connectivity index is 2.45. The molecule has 1 heterocycles. The summed E-state index contributed by atoms with van der Waals surface area (Å²) in [5.41, 5.74) is 2.32. The number of anilines is 1. The molecule has 0 radical (unpaired) electrons. The van der Waals surface area contributed by atoms with Gasteiger partial charge in [0.15, 0.2) is 5.15 Å². The Kier molecular flexibility index (Phi) is 4.93. The number of aliphatic hydroxyl groups excluding tert-OH is 1. The molecule has 2 rings (SSSR count). The van der Waals surface area contributed by atoms with E-state index in [-0.39, 0.29) is 12.4 Å². The lowest BCUT2D eigenvalue weighted by Gasteiger charge is -2.23. The summed E-state index contributed by atoms with van der Waals surface area (Å²) in [5.74, 6) is -0.292. The van der Waals surface area contributed by atoms with Crippen molar-refractivity contribution in [3.05, 3.63) is 47.5 Å². The summed E-state index contributed by atoms with van der Waals surface area (Å²) < 4.78 is 13.4. The van der Waals surface area contributed by atoms with E-state index in [1.807, 2.05) is 24.1 Å². The molecule has 1 aromatic carbocycles. The van der Waals surface area contributed by atoms with E-state index in [0.717, 1.165) is 16.8 Å². The second kappa shape index (κ2) is 6.68. The molecule has 2 aromatic rings. The molecule has 0 aliphatic heterocycles. The lowest BCUT2D eigenvalue weighted by Crippen LogP contribution is -2.20. The fourth-order valence-electron chi connectivity index (χ4n) is 2.10. The molecule has 1 aromatic heterocycles. The fourth-order valence-corrected chi connectivity index (χ4v) is 2.40. The molecule has 106 valence electrons. The van der Waals surface area contributed by atoms with Gasteiger partial charge in [-0.1, -0.05) is 23.7 Å². The number of rotatable bonds is 5.